The van der Waals surface area contributed by atoms with Crippen molar-refractivity contribution >= 4 is 55.6 Å². The predicted molar refractivity (Wildman–Crippen MR) is 156 cm³/mol. The van der Waals surface area contributed by atoms with E-state index in [-0.39, 0.29) is 21.1 Å². The molecule has 40 heavy (non-hydrogen) atoms. The summed E-state index contributed by atoms with van der Waals surface area (Å²) in [5, 5.41) is 1.95. The van der Waals surface area contributed by atoms with Crippen molar-refractivity contribution in [2.75, 3.05) is 31.1 Å². The first kappa shape index (κ1) is 26.3. The molecule has 4 heterocycles. The maximum atomic E-state index is 14.3. The lowest BCUT2D eigenvalue weighted by atomic mass is 10.0. The number of carbonyl (C=O) groups excluding carboxylic acids is 1. The molecule has 0 bridgehead atoms. The van der Waals surface area contributed by atoms with Gasteiger partial charge in [-0.3, -0.25) is 14.3 Å². The molecular weight excluding hydrogens is 570 g/mol. The van der Waals surface area contributed by atoms with Gasteiger partial charge in [0.15, 0.2) is 0 Å². The zero-order chi connectivity index (χ0) is 27.9. The fourth-order valence-electron chi connectivity index (χ4n) is 5.10. The van der Waals surface area contributed by atoms with E-state index in [9.17, 15) is 18.0 Å². The van der Waals surface area contributed by atoms with Gasteiger partial charge in [-0.2, -0.15) is 12.4 Å². The summed E-state index contributed by atoms with van der Waals surface area (Å²) in [6, 6.07) is 19.3. The highest BCUT2D eigenvalue weighted by Crippen LogP contribution is 2.30. The van der Waals surface area contributed by atoms with Gasteiger partial charge in [-0.05, 0) is 47.3 Å². The van der Waals surface area contributed by atoms with E-state index in [4.69, 9.17) is 11.6 Å². The second kappa shape index (κ2) is 10.6. The monoisotopic (exact) mass is 593 g/mol. The van der Waals surface area contributed by atoms with Crippen LogP contribution in [0.25, 0.3) is 11.0 Å². The van der Waals surface area contributed by atoms with E-state index in [1.165, 1.54) is 28.8 Å². The van der Waals surface area contributed by atoms with Crippen molar-refractivity contribution < 1.29 is 13.2 Å². The van der Waals surface area contributed by atoms with Crippen LogP contribution in [0.5, 0.6) is 0 Å². The molecular formula is C28H24ClN5O4S2. The molecule has 1 unspecified atom stereocenters. The molecule has 12 heteroatoms. The van der Waals surface area contributed by atoms with Gasteiger partial charge in [-0.25, -0.2) is 4.79 Å². The quantitative estimate of drug-likeness (QED) is 0.294. The molecule has 1 saturated heterocycles. The van der Waals surface area contributed by atoms with Crippen molar-refractivity contribution in [3.05, 3.63) is 112 Å². The van der Waals surface area contributed by atoms with Gasteiger partial charge in [0, 0.05) is 49.3 Å². The summed E-state index contributed by atoms with van der Waals surface area (Å²) in [6.07, 6.45) is 3.46. The molecule has 3 aromatic heterocycles. The van der Waals surface area contributed by atoms with Crippen LogP contribution >= 0.6 is 22.9 Å². The van der Waals surface area contributed by atoms with Crippen LogP contribution in [0.2, 0.25) is 5.02 Å². The summed E-state index contributed by atoms with van der Waals surface area (Å²) in [6.45, 7) is 2.08. The second-order valence-electron chi connectivity index (χ2n) is 9.32. The topological polar surface area (TPSA) is 97.5 Å². The van der Waals surface area contributed by atoms with E-state index >= 15 is 0 Å². The van der Waals surface area contributed by atoms with Gasteiger partial charge in [0.2, 0.25) is 0 Å². The third-order valence-electron chi connectivity index (χ3n) is 7.01. The molecule has 0 aliphatic carbocycles. The van der Waals surface area contributed by atoms with Crippen LogP contribution in [0.3, 0.4) is 0 Å². The van der Waals surface area contributed by atoms with Crippen molar-refractivity contribution in [1.29, 1.82) is 0 Å². The number of fused-ring (bicyclic) bond motifs is 1. The maximum Gasteiger partial charge on any atom is 0.344 e. The first-order valence-electron chi connectivity index (χ1n) is 12.6. The number of anilines is 1. The van der Waals surface area contributed by atoms with Crippen molar-refractivity contribution in [2.24, 2.45) is 0 Å². The molecule has 1 fully saturated rings. The number of hydrogen-bond acceptors (Lipinski definition) is 7. The highest BCUT2D eigenvalue weighted by molar-refractivity contribution is 7.92. The Hall–Kier alpha value is -3.93. The van der Waals surface area contributed by atoms with Crippen LogP contribution in [-0.2, 0) is 14.8 Å². The third kappa shape index (κ3) is 4.59. The molecule has 1 atom stereocenters. The highest BCUT2D eigenvalue weighted by Gasteiger charge is 2.35. The molecule has 1 aliphatic heterocycles. The van der Waals surface area contributed by atoms with E-state index < -0.39 is 21.8 Å². The van der Waals surface area contributed by atoms with Crippen LogP contribution < -0.4 is 10.6 Å². The van der Waals surface area contributed by atoms with Gasteiger partial charge in [0.05, 0.1) is 11.0 Å². The van der Waals surface area contributed by atoms with Gasteiger partial charge in [-0.15, -0.1) is 11.3 Å². The average molecular weight is 594 g/mol. The SMILES string of the molecule is O=C(C(c1ccccc1)n1c(=O)n(S(=O)(=O)c2cccs2)c2ccc(Cl)cc21)N1CCN(c2ccncc2)CC1. The standard InChI is InChI=1S/C28H24ClN5O4S2/c29-21-8-9-23-24(19-21)33(28(36)34(23)40(37,38)25-7-4-18-39-25)26(20-5-2-1-3-6-20)27(35)32-16-14-31(15-17-32)22-10-12-30-13-11-22/h1-13,18-19,26H,14-17H2. The fraction of sp³-hybridized carbons (Fsp3) is 0.179. The fourth-order valence-corrected chi connectivity index (χ4v) is 7.73. The Kier molecular flexibility index (Phi) is 6.95. The van der Waals surface area contributed by atoms with E-state index in [1.807, 2.05) is 18.2 Å². The van der Waals surface area contributed by atoms with Crippen LogP contribution in [0, 0.1) is 0 Å². The van der Waals surface area contributed by atoms with Gasteiger partial charge in [-0.1, -0.05) is 48.0 Å². The number of aromatic nitrogens is 3. The van der Waals surface area contributed by atoms with Crippen LogP contribution in [0.4, 0.5) is 5.69 Å². The largest absolute Gasteiger partial charge is 0.368 e. The Labute approximate surface area is 239 Å². The Morgan fingerprint density at radius 2 is 1.62 bits per heavy atom. The minimum atomic E-state index is -4.23. The normalized spacial score (nSPS) is 14.9. The summed E-state index contributed by atoms with van der Waals surface area (Å²) in [5.41, 5.74) is 1.17. The molecule has 9 nitrogen and oxygen atoms in total. The van der Waals surface area contributed by atoms with Gasteiger partial charge in [0.25, 0.3) is 15.9 Å². The number of pyridine rings is 1. The molecule has 0 N–H and O–H groups in total. The number of amides is 1. The van der Waals surface area contributed by atoms with Gasteiger partial charge >= 0.3 is 5.69 Å². The van der Waals surface area contributed by atoms with Crippen molar-refractivity contribution in [3.63, 3.8) is 0 Å². The second-order valence-corrected chi connectivity index (χ2v) is 12.7. The first-order chi connectivity index (χ1) is 19.4. The van der Waals surface area contributed by atoms with Crippen LogP contribution in [0.15, 0.2) is 99.6 Å². The maximum absolute atomic E-state index is 14.3. The summed E-state index contributed by atoms with van der Waals surface area (Å²) in [5.74, 6) is -0.296. The lowest BCUT2D eigenvalue weighted by molar-refractivity contribution is -0.133. The number of benzene rings is 2. The molecule has 2 aromatic carbocycles. The number of imidazole rings is 1. The molecule has 5 aromatic rings. The van der Waals surface area contributed by atoms with Crippen LogP contribution in [-0.4, -0.2) is 58.9 Å². The number of thiophene rings is 1. The molecule has 1 aliphatic rings. The molecule has 1 amide bonds. The van der Waals surface area contributed by atoms with E-state index in [0.717, 1.165) is 21.0 Å². The summed E-state index contributed by atoms with van der Waals surface area (Å²) >= 11 is 7.36. The number of rotatable bonds is 6. The third-order valence-corrected chi connectivity index (χ3v) is 10.3. The molecule has 0 spiro atoms. The number of hydrogen-bond donors (Lipinski definition) is 0. The van der Waals surface area contributed by atoms with E-state index in [1.54, 1.807) is 53.0 Å². The minimum absolute atomic E-state index is 0.0263. The van der Waals surface area contributed by atoms with Crippen molar-refractivity contribution in [3.8, 4) is 0 Å². The number of halogens is 1. The van der Waals surface area contributed by atoms with Crippen molar-refractivity contribution in [1.82, 2.24) is 18.4 Å². The Bertz CT molecular complexity index is 1830. The van der Waals surface area contributed by atoms with Crippen LogP contribution in [0.1, 0.15) is 11.6 Å². The zero-order valence-electron chi connectivity index (χ0n) is 21.1. The lowest BCUT2D eigenvalue weighted by Crippen LogP contribution is -2.51. The minimum Gasteiger partial charge on any atom is -0.368 e. The highest BCUT2D eigenvalue weighted by atomic mass is 35.5. The number of piperazine rings is 1. The summed E-state index contributed by atoms with van der Waals surface area (Å²) < 4.78 is 29.4. The smallest absolute Gasteiger partial charge is 0.344 e. The van der Waals surface area contributed by atoms with Gasteiger partial charge < -0.3 is 9.80 Å². The summed E-state index contributed by atoms with van der Waals surface area (Å²) in [4.78, 5) is 36.3. The Morgan fingerprint density at radius 1 is 0.900 bits per heavy atom. The van der Waals surface area contributed by atoms with Crippen molar-refractivity contribution in [2.45, 2.75) is 10.3 Å². The first-order valence-corrected chi connectivity index (χ1v) is 15.3. The molecule has 6 rings (SSSR count). The van der Waals surface area contributed by atoms with E-state index in [2.05, 4.69) is 9.88 Å². The predicted octanol–water partition coefficient (Wildman–Crippen LogP) is 4.09. The average Bonchev–Trinajstić information content (AvgIpc) is 3.62. The summed E-state index contributed by atoms with van der Waals surface area (Å²) in [7, 11) is -4.23. The zero-order valence-corrected chi connectivity index (χ0v) is 23.5. The molecule has 0 radical (unpaired) electrons. The molecule has 204 valence electrons. The Balaban J connectivity index is 1.47. The number of carbonyl (C=O) groups is 1. The lowest BCUT2D eigenvalue weighted by Gasteiger charge is -2.37. The number of nitrogens with zero attached hydrogens (tertiary/aromatic N) is 5. The molecule has 0 saturated carbocycles. The Morgan fingerprint density at radius 3 is 2.30 bits per heavy atom. The van der Waals surface area contributed by atoms with E-state index in [0.29, 0.717) is 36.8 Å². The van der Waals surface area contributed by atoms with Gasteiger partial charge in [0.1, 0.15) is 10.3 Å².